The van der Waals surface area contributed by atoms with Crippen molar-refractivity contribution < 1.29 is 4.74 Å². The minimum absolute atomic E-state index is 0.170. The van der Waals surface area contributed by atoms with E-state index < -0.39 is 0 Å². The zero-order chi connectivity index (χ0) is 13.8. The number of nitrogens with one attached hydrogen (secondary N) is 1. The maximum Gasteiger partial charge on any atom is 0.139 e. The van der Waals surface area contributed by atoms with E-state index in [1.54, 1.807) is 7.11 Å². The average Bonchev–Trinajstić information content (AvgIpc) is 2.41. The molecule has 2 aromatic carbocycles. The first kappa shape index (κ1) is 14.0. The number of ether oxygens (including phenoxy) is 1. The lowest BCUT2D eigenvalue weighted by Gasteiger charge is -2.16. The van der Waals surface area contributed by atoms with E-state index in [9.17, 15) is 0 Å². The standard InChI is InChI=1S/C15H15Cl2NO/c1-10(11-3-5-12(16)6-4-11)18-13-7-8-14(17)15(9-13)19-2/h3-10,18H,1-2H3. The number of anilines is 1. The molecule has 0 amide bonds. The lowest BCUT2D eigenvalue weighted by molar-refractivity contribution is 0.415. The third-order valence-electron chi connectivity index (χ3n) is 2.90. The molecule has 0 saturated carbocycles. The molecule has 0 heterocycles. The Morgan fingerprint density at radius 3 is 2.37 bits per heavy atom. The summed E-state index contributed by atoms with van der Waals surface area (Å²) in [6, 6.07) is 13.6. The average molecular weight is 296 g/mol. The molecule has 100 valence electrons. The topological polar surface area (TPSA) is 21.3 Å². The molecule has 0 radical (unpaired) electrons. The first-order valence-electron chi connectivity index (χ1n) is 5.95. The summed E-state index contributed by atoms with van der Waals surface area (Å²) >= 11 is 11.9. The molecule has 0 aliphatic carbocycles. The monoisotopic (exact) mass is 295 g/mol. The summed E-state index contributed by atoms with van der Waals surface area (Å²) < 4.78 is 5.20. The van der Waals surface area contributed by atoms with Gasteiger partial charge in [0.2, 0.25) is 0 Å². The molecule has 1 atom stereocenters. The number of methoxy groups -OCH3 is 1. The van der Waals surface area contributed by atoms with E-state index >= 15 is 0 Å². The van der Waals surface area contributed by atoms with Crippen LogP contribution in [0.25, 0.3) is 0 Å². The fourth-order valence-corrected chi connectivity index (χ4v) is 2.16. The van der Waals surface area contributed by atoms with Crippen molar-refractivity contribution in [3.8, 4) is 5.75 Å². The minimum Gasteiger partial charge on any atom is -0.495 e. The van der Waals surface area contributed by atoms with Gasteiger partial charge in [0.25, 0.3) is 0 Å². The summed E-state index contributed by atoms with van der Waals surface area (Å²) in [5.41, 5.74) is 2.13. The van der Waals surface area contributed by atoms with Gasteiger partial charge in [-0.25, -0.2) is 0 Å². The molecule has 0 aliphatic rings. The van der Waals surface area contributed by atoms with Gasteiger partial charge in [0.15, 0.2) is 0 Å². The highest BCUT2D eigenvalue weighted by molar-refractivity contribution is 6.32. The van der Waals surface area contributed by atoms with Crippen LogP contribution in [0, 0.1) is 0 Å². The van der Waals surface area contributed by atoms with Gasteiger partial charge >= 0.3 is 0 Å². The van der Waals surface area contributed by atoms with Gasteiger partial charge in [-0.05, 0) is 36.8 Å². The second-order valence-electron chi connectivity index (χ2n) is 4.27. The molecule has 0 saturated heterocycles. The summed E-state index contributed by atoms with van der Waals surface area (Å²) in [6.45, 7) is 2.09. The van der Waals surface area contributed by atoms with Gasteiger partial charge in [0.1, 0.15) is 5.75 Å². The van der Waals surface area contributed by atoms with Crippen molar-refractivity contribution in [2.24, 2.45) is 0 Å². The van der Waals surface area contributed by atoms with Crippen molar-refractivity contribution in [2.75, 3.05) is 12.4 Å². The summed E-state index contributed by atoms with van der Waals surface area (Å²) in [4.78, 5) is 0. The molecule has 1 unspecified atom stereocenters. The Kier molecular flexibility index (Phi) is 4.56. The molecule has 2 aromatic rings. The van der Waals surface area contributed by atoms with E-state index in [0.717, 1.165) is 10.7 Å². The van der Waals surface area contributed by atoms with Crippen LogP contribution in [0.2, 0.25) is 10.0 Å². The molecule has 2 nitrogen and oxygen atoms in total. The molecule has 0 bridgehead atoms. The molecule has 19 heavy (non-hydrogen) atoms. The highest BCUT2D eigenvalue weighted by Crippen LogP contribution is 2.29. The predicted molar refractivity (Wildman–Crippen MR) is 81.5 cm³/mol. The molecule has 0 fully saturated rings. The predicted octanol–water partition coefficient (Wildman–Crippen LogP) is 5.18. The molecule has 2 rings (SSSR count). The van der Waals surface area contributed by atoms with Gasteiger partial charge in [-0.2, -0.15) is 0 Å². The van der Waals surface area contributed by atoms with Gasteiger partial charge in [0.05, 0.1) is 12.1 Å². The van der Waals surface area contributed by atoms with Gasteiger partial charge in [0, 0.05) is 22.8 Å². The Hall–Kier alpha value is -1.38. The lowest BCUT2D eigenvalue weighted by atomic mass is 10.1. The SMILES string of the molecule is COc1cc(NC(C)c2ccc(Cl)cc2)ccc1Cl. The number of benzene rings is 2. The Morgan fingerprint density at radius 2 is 1.74 bits per heavy atom. The molecule has 0 aromatic heterocycles. The quantitative estimate of drug-likeness (QED) is 0.839. The van der Waals surface area contributed by atoms with Crippen molar-refractivity contribution in [1.29, 1.82) is 0 Å². The zero-order valence-corrected chi connectivity index (χ0v) is 12.3. The van der Waals surface area contributed by atoms with Crippen LogP contribution in [0.15, 0.2) is 42.5 Å². The molecule has 4 heteroatoms. The van der Waals surface area contributed by atoms with Crippen molar-refractivity contribution in [3.05, 3.63) is 58.1 Å². The van der Waals surface area contributed by atoms with Crippen molar-refractivity contribution in [1.82, 2.24) is 0 Å². The smallest absolute Gasteiger partial charge is 0.139 e. The lowest BCUT2D eigenvalue weighted by Crippen LogP contribution is -2.06. The number of hydrogen-bond acceptors (Lipinski definition) is 2. The van der Waals surface area contributed by atoms with Crippen LogP contribution in [-0.2, 0) is 0 Å². The van der Waals surface area contributed by atoms with Gasteiger partial charge in [-0.15, -0.1) is 0 Å². The first-order chi connectivity index (χ1) is 9.10. The molecule has 0 spiro atoms. The van der Waals surface area contributed by atoms with Crippen molar-refractivity contribution in [2.45, 2.75) is 13.0 Å². The molecule has 0 aliphatic heterocycles. The van der Waals surface area contributed by atoms with Crippen LogP contribution in [0.1, 0.15) is 18.5 Å². The van der Waals surface area contributed by atoms with Crippen molar-refractivity contribution >= 4 is 28.9 Å². The maximum absolute atomic E-state index is 6.00. The largest absolute Gasteiger partial charge is 0.495 e. The Morgan fingerprint density at radius 1 is 1.05 bits per heavy atom. The van der Waals surface area contributed by atoms with E-state index in [-0.39, 0.29) is 6.04 Å². The van der Waals surface area contributed by atoms with E-state index in [4.69, 9.17) is 27.9 Å². The van der Waals surface area contributed by atoms with E-state index in [2.05, 4.69) is 12.2 Å². The van der Waals surface area contributed by atoms with Crippen LogP contribution in [0.4, 0.5) is 5.69 Å². The normalized spacial score (nSPS) is 12.0. The molecular formula is C15H15Cl2NO. The van der Waals surface area contributed by atoms with E-state index in [1.807, 2.05) is 42.5 Å². The fraction of sp³-hybridized carbons (Fsp3) is 0.200. The van der Waals surface area contributed by atoms with Crippen LogP contribution < -0.4 is 10.1 Å². The highest BCUT2D eigenvalue weighted by Gasteiger charge is 2.07. The Balaban J connectivity index is 2.14. The van der Waals surface area contributed by atoms with Gasteiger partial charge in [-0.3, -0.25) is 0 Å². The Bertz CT molecular complexity index is 555. The van der Waals surface area contributed by atoms with E-state index in [0.29, 0.717) is 10.8 Å². The van der Waals surface area contributed by atoms with Crippen LogP contribution in [0.5, 0.6) is 5.75 Å². The minimum atomic E-state index is 0.170. The number of halogens is 2. The maximum atomic E-state index is 6.00. The molecule has 1 N–H and O–H groups in total. The fourth-order valence-electron chi connectivity index (χ4n) is 1.83. The van der Waals surface area contributed by atoms with Crippen molar-refractivity contribution in [3.63, 3.8) is 0 Å². The van der Waals surface area contributed by atoms with Gasteiger partial charge in [-0.1, -0.05) is 35.3 Å². The molecular weight excluding hydrogens is 281 g/mol. The van der Waals surface area contributed by atoms with Crippen LogP contribution in [-0.4, -0.2) is 7.11 Å². The number of hydrogen-bond donors (Lipinski definition) is 1. The summed E-state index contributed by atoms with van der Waals surface area (Å²) in [6.07, 6.45) is 0. The van der Waals surface area contributed by atoms with Crippen LogP contribution in [0.3, 0.4) is 0 Å². The Labute approximate surface area is 123 Å². The van der Waals surface area contributed by atoms with Gasteiger partial charge < -0.3 is 10.1 Å². The summed E-state index contributed by atoms with van der Waals surface area (Å²) in [5.74, 6) is 0.662. The zero-order valence-electron chi connectivity index (χ0n) is 10.8. The second-order valence-corrected chi connectivity index (χ2v) is 5.11. The summed E-state index contributed by atoms with van der Waals surface area (Å²) in [7, 11) is 1.60. The summed E-state index contributed by atoms with van der Waals surface area (Å²) in [5, 5.41) is 4.74. The third-order valence-corrected chi connectivity index (χ3v) is 3.47. The van der Waals surface area contributed by atoms with Crippen LogP contribution >= 0.6 is 23.2 Å². The number of rotatable bonds is 4. The highest BCUT2D eigenvalue weighted by atomic mass is 35.5. The second kappa shape index (κ2) is 6.18. The van der Waals surface area contributed by atoms with E-state index in [1.165, 1.54) is 5.56 Å². The third kappa shape index (κ3) is 3.55. The first-order valence-corrected chi connectivity index (χ1v) is 6.71.